The van der Waals surface area contributed by atoms with Crippen LogP contribution >= 0.6 is 11.3 Å². The van der Waals surface area contributed by atoms with Gasteiger partial charge in [0.05, 0.1) is 19.6 Å². The third-order valence-corrected chi connectivity index (χ3v) is 5.56. The minimum absolute atomic E-state index is 0.000396. The van der Waals surface area contributed by atoms with Gasteiger partial charge in [-0.2, -0.15) is 0 Å². The fourth-order valence-electron chi connectivity index (χ4n) is 3.15. The molecule has 0 bridgehead atoms. The van der Waals surface area contributed by atoms with E-state index >= 15 is 0 Å². The Morgan fingerprint density at radius 1 is 1.21 bits per heavy atom. The van der Waals surface area contributed by atoms with Crippen LogP contribution in [-0.4, -0.2) is 24.5 Å². The molecule has 0 spiro atoms. The maximum absolute atomic E-state index is 13.3. The van der Waals surface area contributed by atoms with Crippen LogP contribution in [0.25, 0.3) is 11.0 Å². The molecule has 0 aliphatic rings. The lowest BCUT2D eigenvalue weighted by molar-refractivity contribution is 0.0741. The second kappa shape index (κ2) is 8.36. The van der Waals surface area contributed by atoms with Gasteiger partial charge in [-0.05, 0) is 36.1 Å². The van der Waals surface area contributed by atoms with Crippen molar-refractivity contribution in [1.82, 2.24) is 4.90 Å². The predicted molar refractivity (Wildman–Crippen MR) is 111 cm³/mol. The van der Waals surface area contributed by atoms with Crippen LogP contribution in [-0.2, 0) is 13.0 Å². The summed E-state index contributed by atoms with van der Waals surface area (Å²) in [4.78, 5) is 28.7. The number of methoxy groups -OCH3 is 1. The number of carbonyl (C=O) groups is 1. The number of amides is 1. The topological polar surface area (TPSA) is 72.9 Å². The van der Waals surface area contributed by atoms with Gasteiger partial charge in [0.15, 0.2) is 11.3 Å². The first kappa shape index (κ1) is 19.0. The maximum atomic E-state index is 13.3. The number of fused-ring (bicyclic) bond motifs is 1. The van der Waals surface area contributed by atoms with Crippen molar-refractivity contribution in [3.63, 3.8) is 0 Å². The predicted octanol–water partition coefficient (Wildman–Crippen LogP) is 4.34. The van der Waals surface area contributed by atoms with Crippen molar-refractivity contribution in [2.45, 2.75) is 13.0 Å². The van der Waals surface area contributed by atoms with Crippen LogP contribution < -0.4 is 10.4 Å². The van der Waals surface area contributed by atoms with E-state index in [-0.39, 0.29) is 11.5 Å². The van der Waals surface area contributed by atoms with Gasteiger partial charge in [-0.15, -0.1) is 11.3 Å². The van der Waals surface area contributed by atoms with E-state index in [2.05, 4.69) is 0 Å². The van der Waals surface area contributed by atoms with E-state index in [4.69, 9.17) is 13.6 Å². The lowest BCUT2D eigenvalue weighted by atomic mass is 10.1. The molecule has 29 heavy (non-hydrogen) atoms. The Balaban J connectivity index is 1.67. The molecule has 1 aromatic carbocycles. The van der Waals surface area contributed by atoms with Crippen LogP contribution in [0, 0.1) is 0 Å². The van der Waals surface area contributed by atoms with E-state index in [9.17, 15) is 9.59 Å². The Morgan fingerprint density at radius 3 is 2.83 bits per heavy atom. The summed E-state index contributed by atoms with van der Waals surface area (Å²) >= 11 is 1.64. The molecule has 148 valence electrons. The molecule has 0 saturated carbocycles. The molecular formula is C22H19NO5S. The largest absolute Gasteiger partial charge is 0.493 e. The lowest BCUT2D eigenvalue weighted by Gasteiger charge is -2.21. The third-order valence-electron chi connectivity index (χ3n) is 4.62. The highest BCUT2D eigenvalue weighted by molar-refractivity contribution is 7.09. The molecule has 4 rings (SSSR count). The van der Waals surface area contributed by atoms with Crippen molar-refractivity contribution < 1.29 is 18.4 Å². The number of hydrogen-bond acceptors (Lipinski definition) is 6. The van der Waals surface area contributed by atoms with Crippen molar-refractivity contribution in [2.24, 2.45) is 0 Å². The molecule has 0 N–H and O–H groups in total. The minimum Gasteiger partial charge on any atom is -0.493 e. The molecule has 3 heterocycles. The van der Waals surface area contributed by atoms with Crippen molar-refractivity contribution in [3.8, 4) is 5.75 Å². The normalized spacial score (nSPS) is 10.9. The number of ether oxygens (including phenoxy) is 1. The smallest absolute Gasteiger partial charge is 0.349 e. The molecule has 0 aliphatic carbocycles. The fraction of sp³-hybridized carbons (Fsp3) is 0.182. The summed E-state index contributed by atoms with van der Waals surface area (Å²) in [5, 5.41) is 2.64. The molecule has 7 heteroatoms. The monoisotopic (exact) mass is 409 g/mol. The van der Waals surface area contributed by atoms with Gasteiger partial charge in [0, 0.05) is 28.9 Å². The van der Waals surface area contributed by atoms with Crippen LogP contribution in [0.4, 0.5) is 0 Å². The van der Waals surface area contributed by atoms with Crippen LogP contribution in [0.15, 0.2) is 74.0 Å². The molecule has 0 saturated heterocycles. The highest BCUT2D eigenvalue weighted by atomic mass is 32.1. The molecule has 0 radical (unpaired) electrons. The maximum Gasteiger partial charge on any atom is 0.349 e. The first-order valence-corrected chi connectivity index (χ1v) is 9.97. The van der Waals surface area contributed by atoms with E-state index in [0.717, 1.165) is 5.56 Å². The molecule has 0 atom stereocenters. The van der Waals surface area contributed by atoms with Gasteiger partial charge in [-0.25, -0.2) is 4.79 Å². The zero-order chi connectivity index (χ0) is 20.2. The second-order valence-corrected chi connectivity index (χ2v) is 7.55. The van der Waals surface area contributed by atoms with Crippen LogP contribution in [0.5, 0.6) is 5.75 Å². The lowest BCUT2D eigenvalue weighted by Crippen LogP contribution is -2.35. The highest BCUT2D eigenvalue weighted by Crippen LogP contribution is 2.25. The first-order chi connectivity index (χ1) is 14.2. The van der Waals surface area contributed by atoms with Gasteiger partial charge in [0.1, 0.15) is 5.56 Å². The Hall–Kier alpha value is -3.32. The summed E-state index contributed by atoms with van der Waals surface area (Å²) in [6.07, 6.45) is 3.86. The van der Waals surface area contributed by atoms with E-state index in [1.165, 1.54) is 12.0 Å². The number of furan rings is 1. The molecular weight excluding hydrogens is 390 g/mol. The summed E-state index contributed by atoms with van der Waals surface area (Å²) in [5.41, 5.74) is 0.508. The number of rotatable bonds is 7. The van der Waals surface area contributed by atoms with E-state index < -0.39 is 5.63 Å². The molecule has 0 fully saturated rings. The summed E-state index contributed by atoms with van der Waals surface area (Å²) in [6.45, 7) is 0.816. The molecule has 1 amide bonds. The third kappa shape index (κ3) is 4.09. The van der Waals surface area contributed by atoms with E-state index in [1.807, 2.05) is 17.5 Å². The molecule has 6 nitrogen and oxygen atoms in total. The van der Waals surface area contributed by atoms with Crippen LogP contribution in [0.1, 0.15) is 20.8 Å². The number of thiophene rings is 1. The van der Waals surface area contributed by atoms with Crippen molar-refractivity contribution in [2.75, 3.05) is 13.7 Å². The van der Waals surface area contributed by atoms with Crippen molar-refractivity contribution >= 4 is 28.2 Å². The molecule has 0 aliphatic heterocycles. The van der Waals surface area contributed by atoms with Crippen LogP contribution in [0.3, 0.4) is 0 Å². The van der Waals surface area contributed by atoms with Gasteiger partial charge in [0.25, 0.3) is 5.91 Å². The Morgan fingerprint density at radius 2 is 2.10 bits per heavy atom. The number of carbonyl (C=O) groups excluding carboxylic acids is 1. The number of para-hydroxylation sites is 1. The number of nitrogens with zero attached hydrogens (tertiary/aromatic N) is 1. The number of benzene rings is 1. The number of hydrogen-bond donors (Lipinski definition) is 0. The van der Waals surface area contributed by atoms with Gasteiger partial charge >= 0.3 is 5.63 Å². The molecule has 4 aromatic rings. The zero-order valence-electron chi connectivity index (χ0n) is 15.8. The molecule has 3 aromatic heterocycles. The molecule has 0 unspecified atom stereocenters. The Bertz CT molecular complexity index is 1160. The van der Waals surface area contributed by atoms with Crippen LogP contribution in [0.2, 0.25) is 0 Å². The summed E-state index contributed by atoms with van der Waals surface area (Å²) < 4.78 is 15.8. The minimum atomic E-state index is -0.680. The van der Waals surface area contributed by atoms with Gasteiger partial charge < -0.3 is 18.5 Å². The van der Waals surface area contributed by atoms with E-state index in [1.54, 1.807) is 59.1 Å². The standard InChI is InChI=1S/C22H19NO5S/c1-26-19-6-2-4-16-12-18(22(25)28-20(16)19)21(24)23(13-15-8-10-27-14-15)9-7-17-5-3-11-29-17/h2-6,8,10-12,14H,7,9,13H2,1H3. The summed E-state index contributed by atoms with van der Waals surface area (Å²) in [6, 6.07) is 12.7. The van der Waals surface area contributed by atoms with Crippen molar-refractivity contribution in [1.29, 1.82) is 0 Å². The average molecular weight is 409 g/mol. The Kier molecular flexibility index (Phi) is 5.48. The van der Waals surface area contributed by atoms with Gasteiger partial charge in [0.2, 0.25) is 0 Å². The summed E-state index contributed by atoms with van der Waals surface area (Å²) in [5.74, 6) is 0.0766. The fourth-order valence-corrected chi connectivity index (χ4v) is 3.85. The second-order valence-electron chi connectivity index (χ2n) is 6.51. The SMILES string of the molecule is COc1cccc2cc(C(=O)N(CCc3cccs3)Cc3ccoc3)c(=O)oc12. The summed E-state index contributed by atoms with van der Waals surface area (Å²) in [7, 11) is 1.51. The Labute approximate surface area is 170 Å². The first-order valence-electron chi connectivity index (χ1n) is 9.09. The highest BCUT2D eigenvalue weighted by Gasteiger charge is 2.22. The van der Waals surface area contributed by atoms with Crippen molar-refractivity contribution in [3.05, 3.63) is 86.8 Å². The van der Waals surface area contributed by atoms with E-state index in [0.29, 0.717) is 36.2 Å². The van der Waals surface area contributed by atoms with Gasteiger partial charge in [-0.3, -0.25) is 4.79 Å². The quantitative estimate of drug-likeness (QED) is 0.425. The van der Waals surface area contributed by atoms with Gasteiger partial charge in [-0.1, -0.05) is 18.2 Å². The zero-order valence-corrected chi connectivity index (χ0v) is 16.6. The average Bonchev–Trinajstić information content (AvgIpc) is 3.43.